The number of aliphatic hydroxyl groups excluding tert-OH is 2. The lowest BCUT2D eigenvalue weighted by molar-refractivity contribution is -0.143. The number of carbonyl (C=O) groups excluding carboxylic acids is 2. The first-order valence-electron chi connectivity index (χ1n) is 27.6. The highest BCUT2D eigenvalue weighted by Gasteiger charge is 2.20. The minimum atomic E-state index is -0.681. The van der Waals surface area contributed by atoms with E-state index in [1.807, 2.05) is 0 Å². The van der Waals surface area contributed by atoms with Crippen LogP contribution in [-0.4, -0.2) is 47.4 Å². The summed E-state index contributed by atoms with van der Waals surface area (Å²) in [4.78, 5) is 24.5. The fraction of sp³-hybridized carbons (Fsp3) is 0.893. The SMILES string of the molecule is CCCCCCCCC/C=C\CCCCCCCCCC(=O)OCCCCCCCC/C=C\CCCCCC(=O)NC(CO)C(O)CCCCCCCCCCCCCCCC. The topological polar surface area (TPSA) is 95.9 Å². The molecule has 0 aliphatic carbocycles. The fourth-order valence-electron chi connectivity index (χ4n) is 8.45. The Hall–Kier alpha value is -1.66. The molecule has 2 atom stereocenters. The summed E-state index contributed by atoms with van der Waals surface area (Å²) in [6.45, 7) is 4.91. The molecule has 0 heterocycles. The molecule has 0 saturated heterocycles. The van der Waals surface area contributed by atoms with E-state index in [1.54, 1.807) is 0 Å². The normalized spacial score (nSPS) is 12.8. The van der Waals surface area contributed by atoms with Gasteiger partial charge < -0.3 is 20.3 Å². The standard InChI is InChI=1S/C56H107NO5/c1-3-5-7-9-11-13-15-17-19-20-21-22-26-30-34-38-42-46-50-56(61)62-51-47-43-39-35-31-27-23-25-29-33-37-41-45-49-55(60)57-53(52-58)54(59)48-44-40-36-32-28-24-18-16-14-12-10-8-6-4-2/h19-20,25,29,53-54,58-59H,3-18,21-24,26-28,30-52H2,1-2H3,(H,57,60)/b20-19-,29-25-. The summed E-state index contributed by atoms with van der Waals surface area (Å²) in [6, 6.07) is -0.561. The van der Waals surface area contributed by atoms with E-state index in [9.17, 15) is 19.8 Å². The highest BCUT2D eigenvalue weighted by Crippen LogP contribution is 2.16. The van der Waals surface area contributed by atoms with Crippen molar-refractivity contribution in [1.82, 2.24) is 5.32 Å². The Bertz CT molecular complexity index is 966. The lowest BCUT2D eigenvalue weighted by atomic mass is 10.0. The van der Waals surface area contributed by atoms with E-state index in [0.29, 0.717) is 25.9 Å². The molecule has 0 aromatic rings. The van der Waals surface area contributed by atoms with Gasteiger partial charge in [0.05, 0.1) is 25.4 Å². The predicted molar refractivity (Wildman–Crippen MR) is 269 cm³/mol. The number of nitrogens with one attached hydrogen (secondary N) is 1. The Morgan fingerprint density at radius 2 is 0.758 bits per heavy atom. The van der Waals surface area contributed by atoms with Crippen LogP contribution >= 0.6 is 0 Å². The largest absolute Gasteiger partial charge is 0.466 e. The van der Waals surface area contributed by atoms with Gasteiger partial charge in [-0.2, -0.15) is 0 Å². The molecule has 2 unspecified atom stereocenters. The van der Waals surface area contributed by atoms with Crippen molar-refractivity contribution in [2.24, 2.45) is 0 Å². The van der Waals surface area contributed by atoms with Crippen molar-refractivity contribution in [1.29, 1.82) is 0 Å². The van der Waals surface area contributed by atoms with Crippen LogP contribution in [0.25, 0.3) is 0 Å². The number of rotatable bonds is 51. The van der Waals surface area contributed by atoms with Crippen molar-refractivity contribution in [3.63, 3.8) is 0 Å². The average molecular weight is 874 g/mol. The van der Waals surface area contributed by atoms with E-state index in [2.05, 4.69) is 43.5 Å². The van der Waals surface area contributed by atoms with Crippen LogP contribution in [0.5, 0.6) is 0 Å². The Balaban J connectivity index is 3.48. The van der Waals surface area contributed by atoms with E-state index in [4.69, 9.17) is 4.74 Å². The fourth-order valence-corrected chi connectivity index (χ4v) is 8.45. The van der Waals surface area contributed by atoms with E-state index in [0.717, 1.165) is 70.6 Å². The summed E-state index contributed by atoms with van der Waals surface area (Å²) in [5.74, 6) is -0.0799. The van der Waals surface area contributed by atoms with Crippen molar-refractivity contribution in [3.05, 3.63) is 24.3 Å². The second-order valence-electron chi connectivity index (χ2n) is 18.9. The summed E-state index contributed by atoms with van der Waals surface area (Å²) >= 11 is 0. The van der Waals surface area contributed by atoms with Gasteiger partial charge in [0.15, 0.2) is 0 Å². The van der Waals surface area contributed by atoms with E-state index in [-0.39, 0.29) is 18.5 Å². The van der Waals surface area contributed by atoms with Crippen LogP contribution in [0.15, 0.2) is 24.3 Å². The van der Waals surface area contributed by atoms with Gasteiger partial charge in [0, 0.05) is 12.8 Å². The molecule has 0 bridgehead atoms. The van der Waals surface area contributed by atoms with Gasteiger partial charge in [0.2, 0.25) is 5.91 Å². The van der Waals surface area contributed by atoms with Gasteiger partial charge in [0.25, 0.3) is 0 Å². The van der Waals surface area contributed by atoms with Crippen LogP contribution in [0.1, 0.15) is 296 Å². The summed E-state index contributed by atoms with van der Waals surface area (Å²) in [6.07, 6.45) is 61.6. The summed E-state index contributed by atoms with van der Waals surface area (Å²) in [5, 5.41) is 23.2. The summed E-state index contributed by atoms with van der Waals surface area (Å²) in [7, 11) is 0. The zero-order valence-electron chi connectivity index (χ0n) is 41.6. The monoisotopic (exact) mass is 874 g/mol. The lowest BCUT2D eigenvalue weighted by Gasteiger charge is -2.22. The molecule has 6 heteroatoms. The zero-order chi connectivity index (χ0) is 45.1. The van der Waals surface area contributed by atoms with Gasteiger partial charge in [-0.15, -0.1) is 0 Å². The third-order valence-electron chi connectivity index (χ3n) is 12.7. The van der Waals surface area contributed by atoms with Gasteiger partial charge in [0.1, 0.15) is 0 Å². The van der Waals surface area contributed by atoms with Crippen LogP contribution in [0.2, 0.25) is 0 Å². The highest BCUT2D eigenvalue weighted by molar-refractivity contribution is 5.76. The number of esters is 1. The minimum absolute atomic E-state index is 0.0154. The lowest BCUT2D eigenvalue weighted by Crippen LogP contribution is -2.45. The maximum atomic E-state index is 12.4. The highest BCUT2D eigenvalue weighted by atomic mass is 16.5. The maximum absolute atomic E-state index is 12.4. The van der Waals surface area contributed by atoms with Crippen molar-refractivity contribution in [2.45, 2.75) is 309 Å². The van der Waals surface area contributed by atoms with Gasteiger partial charge in [-0.05, 0) is 77.0 Å². The van der Waals surface area contributed by atoms with Gasteiger partial charge in [-0.1, -0.05) is 231 Å². The molecule has 0 aliphatic heterocycles. The number of aliphatic hydroxyl groups is 2. The Labute approximate surface area is 386 Å². The van der Waals surface area contributed by atoms with Crippen LogP contribution < -0.4 is 5.32 Å². The summed E-state index contributed by atoms with van der Waals surface area (Å²) in [5.41, 5.74) is 0. The molecule has 62 heavy (non-hydrogen) atoms. The third kappa shape index (κ3) is 47.8. The number of hydrogen-bond acceptors (Lipinski definition) is 5. The number of ether oxygens (including phenoxy) is 1. The number of carbonyl (C=O) groups is 2. The molecular weight excluding hydrogens is 767 g/mol. The molecule has 1 amide bonds. The van der Waals surface area contributed by atoms with Crippen molar-refractivity contribution < 1.29 is 24.5 Å². The Morgan fingerprint density at radius 3 is 1.16 bits per heavy atom. The zero-order valence-corrected chi connectivity index (χ0v) is 41.6. The van der Waals surface area contributed by atoms with E-state index >= 15 is 0 Å². The van der Waals surface area contributed by atoms with Crippen LogP contribution in [0.4, 0.5) is 0 Å². The molecule has 0 aliphatic rings. The maximum Gasteiger partial charge on any atom is 0.305 e. The molecule has 0 radical (unpaired) electrons. The van der Waals surface area contributed by atoms with Crippen molar-refractivity contribution in [2.75, 3.05) is 13.2 Å². The first-order valence-corrected chi connectivity index (χ1v) is 27.6. The second-order valence-corrected chi connectivity index (χ2v) is 18.9. The number of amides is 1. The van der Waals surface area contributed by atoms with Crippen LogP contribution in [0, 0.1) is 0 Å². The van der Waals surface area contributed by atoms with Gasteiger partial charge in [-0.3, -0.25) is 9.59 Å². The first kappa shape index (κ1) is 60.3. The summed E-state index contributed by atoms with van der Waals surface area (Å²) < 4.78 is 5.47. The van der Waals surface area contributed by atoms with E-state index < -0.39 is 12.1 Å². The predicted octanol–water partition coefficient (Wildman–Crippen LogP) is 16.7. The quantitative estimate of drug-likeness (QED) is 0.0321. The molecule has 366 valence electrons. The third-order valence-corrected chi connectivity index (χ3v) is 12.7. The number of allylic oxidation sites excluding steroid dienone is 4. The smallest absolute Gasteiger partial charge is 0.305 e. The number of hydrogen-bond donors (Lipinski definition) is 3. The van der Waals surface area contributed by atoms with Crippen LogP contribution in [0.3, 0.4) is 0 Å². The molecule has 6 nitrogen and oxygen atoms in total. The average Bonchev–Trinajstić information content (AvgIpc) is 3.27. The molecular formula is C56H107NO5. The molecule has 0 spiro atoms. The molecule has 0 fully saturated rings. The Kier molecular flexibility index (Phi) is 50.6. The van der Waals surface area contributed by atoms with Crippen molar-refractivity contribution in [3.8, 4) is 0 Å². The first-order chi connectivity index (χ1) is 30.5. The molecule has 0 rings (SSSR count). The van der Waals surface area contributed by atoms with Crippen molar-refractivity contribution >= 4 is 11.9 Å². The molecule has 0 aromatic carbocycles. The second kappa shape index (κ2) is 52.0. The molecule has 0 saturated carbocycles. The molecule has 3 N–H and O–H groups in total. The van der Waals surface area contributed by atoms with Crippen LogP contribution in [-0.2, 0) is 14.3 Å². The van der Waals surface area contributed by atoms with Gasteiger partial charge in [-0.25, -0.2) is 0 Å². The molecule has 0 aromatic heterocycles. The number of unbranched alkanes of at least 4 members (excludes halogenated alkanes) is 36. The van der Waals surface area contributed by atoms with E-state index in [1.165, 1.54) is 193 Å². The minimum Gasteiger partial charge on any atom is -0.466 e. The Morgan fingerprint density at radius 1 is 0.435 bits per heavy atom. The van der Waals surface area contributed by atoms with Gasteiger partial charge >= 0.3 is 5.97 Å².